The van der Waals surface area contributed by atoms with Crippen molar-refractivity contribution < 1.29 is 14.3 Å². The highest BCUT2D eigenvalue weighted by Gasteiger charge is 2.33. The lowest BCUT2D eigenvalue weighted by atomic mass is 9.89. The van der Waals surface area contributed by atoms with E-state index < -0.39 is 0 Å². The van der Waals surface area contributed by atoms with Gasteiger partial charge in [-0.05, 0) is 60.5 Å². The molecule has 0 bridgehead atoms. The molecule has 1 heterocycles. The number of hydrogen-bond donors (Lipinski definition) is 0. The highest BCUT2D eigenvalue weighted by atomic mass is 32.2. The van der Waals surface area contributed by atoms with Crippen molar-refractivity contribution >= 4 is 22.9 Å². The van der Waals surface area contributed by atoms with E-state index in [0.29, 0.717) is 11.5 Å². The number of allylic oxidation sites excluding steroid dienone is 5. The van der Waals surface area contributed by atoms with Crippen LogP contribution < -0.4 is 4.74 Å². The number of thioether (sulfide) groups is 1. The van der Waals surface area contributed by atoms with Crippen LogP contribution in [-0.2, 0) is 11.4 Å². The van der Waals surface area contributed by atoms with Crippen molar-refractivity contribution in [2.24, 2.45) is 0 Å². The Morgan fingerprint density at radius 2 is 1.73 bits per heavy atom. The van der Waals surface area contributed by atoms with Gasteiger partial charge in [0.15, 0.2) is 0 Å². The zero-order chi connectivity index (χ0) is 21.3. The third kappa shape index (κ3) is 3.98. The normalized spacial score (nSPS) is 20.4. The molecule has 4 nitrogen and oxygen atoms in total. The number of benzene rings is 2. The highest BCUT2D eigenvalue weighted by molar-refractivity contribution is 8.18. The molecule has 0 unspecified atom stereocenters. The van der Waals surface area contributed by atoms with Gasteiger partial charge in [0.1, 0.15) is 12.4 Å². The Morgan fingerprint density at radius 3 is 2.37 bits per heavy atom. The van der Waals surface area contributed by atoms with E-state index in [-0.39, 0.29) is 17.1 Å². The van der Waals surface area contributed by atoms with Gasteiger partial charge in [0.25, 0.3) is 11.1 Å². The fourth-order valence-electron chi connectivity index (χ4n) is 3.80. The van der Waals surface area contributed by atoms with Crippen molar-refractivity contribution in [2.75, 3.05) is 7.05 Å². The minimum Gasteiger partial charge on any atom is -0.489 e. The summed E-state index contributed by atoms with van der Waals surface area (Å²) in [4.78, 5) is 25.6. The summed E-state index contributed by atoms with van der Waals surface area (Å²) in [5, 5.41) is -0.231. The average molecular weight is 418 g/mol. The first-order chi connectivity index (χ1) is 14.4. The van der Waals surface area contributed by atoms with Crippen molar-refractivity contribution in [3.8, 4) is 5.75 Å². The molecule has 0 N–H and O–H groups in total. The summed E-state index contributed by atoms with van der Waals surface area (Å²) in [7, 11) is 1.51. The second-order valence-corrected chi connectivity index (χ2v) is 8.54. The molecule has 2 aromatic rings. The van der Waals surface area contributed by atoms with E-state index in [2.05, 4.69) is 32.1 Å². The summed E-state index contributed by atoms with van der Waals surface area (Å²) >= 11 is 0.993. The molecule has 0 saturated carbocycles. The molecule has 2 amide bonds. The van der Waals surface area contributed by atoms with Crippen LogP contribution in [0.4, 0.5) is 4.79 Å². The zero-order valence-corrected chi connectivity index (χ0v) is 18.0. The Morgan fingerprint density at radius 1 is 1.03 bits per heavy atom. The lowest BCUT2D eigenvalue weighted by molar-refractivity contribution is -0.121. The second-order valence-electron chi connectivity index (χ2n) is 7.54. The number of amides is 2. The topological polar surface area (TPSA) is 46.6 Å². The van der Waals surface area contributed by atoms with Crippen molar-refractivity contribution in [3.63, 3.8) is 0 Å². The standard InChI is InChI=1S/C25H23NO3S/c1-16-13-20(14-22-24(27)26(3)25(28)30-22)17(2)23(16)19-9-11-21(12-10-19)29-15-18-7-5-4-6-8-18/h4-14,23H,15H2,1-3H3/b22-14-/t23-/m0/s1. The first kappa shape index (κ1) is 20.2. The molecule has 1 saturated heterocycles. The smallest absolute Gasteiger partial charge is 0.293 e. The predicted octanol–water partition coefficient (Wildman–Crippen LogP) is 5.83. The van der Waals surface area contributed by atoms with Crippen LogP contribution in [0.2, 0.25) is 0 Å². The second kappa shape index (κ2) is 8.36. The zero-order valence-electron chi connectivity index (χ0n) is 17.2. The van der Waals surface area contributed by atoms with Crippen molar-refractivity contribution in [3.05, 3.63) is 99.5 Å². The Labute approximate surface area is 180 Å². The number of carbonyl (C=O) groups is 2. The van der Waals surface area contributed by atoms with E-state index in [1.54, 1.807) is 0 Å². The van der Waals surface area contributed by atoms with Crippen LogP contribution in [0, 0.1) is 0 Å². The van der Waals surface area contributed by atoms with Crippen LogP contribution in [0.15, 0.2) is 88.4 Å². The molecule has 1 atom stereocenters. The number of carbonyl (C=O) groups excluding carboxylic acids is 2. The average Bonchev–Trinajstić information content (AvgIpc) is 3.17. The number of nitrogens with zero attached hydrogens (tertiary/aromatic N) is 1. The van der Waals surface area contributed by atoms with Gasteiger partial charge in [0.05, 0.1) is 4.91 Å². The molecule has 0 aromatic heterocycles. The van der Waals surface area contributed by atoms with Gasteiger partial charge in [-0.2, -0.15) is 0 Å². The van der Waals surface area contributed by atoms with Gasteiger partial charge in [-0.15, -0.1) is 0 Å². The molecule has 1 aliphatic carbocycles. The SMILES string of the molecule is CC1=CC(/C=C2\SC(=O)N(C)C2=O)=C(C)[C@H]1c1ccc(OCc2ccccc2)cc1. The fourth-order valence-corrected chi connectivity index (χ4v) is 4.62. The molecule has 2 aromatic carbocycles. The van der Waals surface area contributed by atoms with Gasteiger partial charge in [-0.1, -0.05) is 59.7 Å². The third-order valence-corrected chi connectivity index (χ3v) is 6.42. The third-order valence-electron chi connectivity index (χ3n) is 5.46. The quantitative estimate of drug-likeness (QED) is 0.574. The van der Waals surface area contributed by atoms with E-state index >= 15 is 0 Å². The van der Waals surface area contributed by atoms with Gasteiger partial charge in [0, 0.05) is 13.0 Å². The van der Waals surface area contributed by atoms with E-state index in [1.807, 2.05) is 48.5 Å². The molecule has 152 valence electrons. The number of ether oxygens (including phenoxy) is 1. The van der Waals surface area contributed by atoms with Gasteiger partial charge >= 0.3 is 0 Å². The summed E-state index contributed by atoms with van der Waals surface area (Å²) in [5.74, 6) is 0.760. The van der Waals surface area contributed by atoms with E-state index in [9.17, 15) is 9.59 Å². The van der Waals surface area contributed by atoms with Crippen LogP contribution in [-0.4, -0.2) is 23.1 Å². The molecule has 0 spiro atoms. The van der Waals surface area contributed by atoms with Gasteiger partial charge in [-0.3, -0.25) is 14.5 Å². The van der Waals surface area contributed by atoms with Crippen LogP contribution in [0.3, 0.4) is 0 Å². The Kier molecular flexibility index (Phi) is 5.64. The summed E-state index contributed by atoms with van der Waals surface area (Å²) in [6.07, 6.45) is 3.94. The minimum absolute atomic E-state index is 0.162. The van der Waals surface area contributed by atoms with Gasteiger partial charge in [0.2, 0.25) is 0 Å². The summed E-state index contributed by atoms with van der Waals surface area (Å²) in [6.45, 7) is 4.72. The summed E-state index contributed by atoms with van der Waals surface area (Å²) < 4.78 is 5.89. The Hall–Kier alpha value is -3.05. The van der Waals surface area contributed by atoms with Crippen molar-refractivity contribution in [1.82, 2.24) is 4.90 Å². The monoisotopic (exact) mass is 417 g/mol. The number of imide groups is 1. The van der Waals surface area contributed by atoms with Crippen LogP contribution in [0.5, 0.6) is 5.75 Å². The molecule has 2 aliphatic rings. The largest absolute Gasteiger partial charge is 0.489 e. The molecule has 1 fully saturated rings. The molecular weight excluding hydrogens is 394 g/mol. The molecular formula is C25H23NO3S. The van der Waals surface area contributed by atoms with Gasteiger partial charge < -0.3 is 4.74 Å². The first-order valence-electron chi connectivity index (χ1n) is 9.81. The molecule has 30 heavy (non-hydrogen) atoms. The maximum atomic E-state index is 12.2. The molecule has 1 aliphatic heterocycles. The highest BCUT2D eigenvalue weighted by Crippen LogP contribution is 2.41. The summed E-state index contributed by atoms with van der Waals surface area (Å²) in [5.41, 5.74) is 5.71. The summed E-state index contributed by atoms with van der Waals surface area (Å²) in [6, 6.07) is 18.3. The molecule has 4 rings (SSSR count). The Balaban J connectivity index is 1.50. The number of rotatable bonds is 5. The molecule has 5 heteroatoms. The maximum Gasteiger partial charge on any atom is 0.293 e. The Bertz CT molecular complexity index is 1080. The van der Waals surface area contributed by atoms with Gasteiger partial charge in [-0.25, -0.2) is 0 Å². The van der Waals surface area contributed by atoms with Crippen LogP contribution >= 0.6 is 11.8 Å². The van der Waals surface area contributed by atoms with E-state index in [4.69, 9.17) is 4.74 Å². The molecule has 0 radical (unpaired) electrons. The predicted molar refractivity (Wildman–Crippen MR) is 120 cm³/mol. The van der Waals surface area contributed by atoms with Crippen LogP contribution in [0.1, 0.15) is 30.9 Å². The number of likely N-dealkylation sites (N-methyl/N-ethyl adjacent to an activating group) is 1. The lowest BCUT2D eigenvalue weighted by Crippen LogP contribution is -2.22. The van der Waals surface area contributed by atoms with Crippen LogP contribution in [0.25, 0.3) is 0 Å². The number of hydrogen-bond acceptors (Lipinski definition) is 4. The lowest BCUT2D eigenvalue weighted by Gasteiger charge is -2.16. The minimum atomic E-state index is -0.236. The maximum absolute atomic E-state index is 12.2. The van der Waals surface area contributed by atoms with E-state index in [1.165, 1.54) is 23.8 Å². The fraction of sp³-hybridized carbons (Fsp3) is 0.200. The van der Waals surface area contributed by atoms with E-state index in [0.717, 1.165) is 33.5 Å². The first-order valence-corrected chi connectivity index (χ1v) is 10.6. The van der Waals surface area contributed by atoms with Crippen molar-refractivity contribution in [1.29, 1.82) is 0 Å². The van der Waals surface area contributed by atoms with Crippen molar-refractivity contribution in [2.45, 2.75) is 26.4 Å².